The van der Waals surface area contributed by atoms with Gasteiger partial charge in [0.1, 0.15) is 5.76 Å². The van der Waals surface area contributed by atoms with Gasteiger partial charge in [0.05, 0.1) is 4.97 Å². The van der Waals surface area contributed by atoms with Gasteiger partial charge in [0.25, 0.3) is 0 Å². The van der Waals surface area contributed by atoms with E-state index < -0.39 is 14.5 Å². The molecule has 5 heteroatoms. The van der Waals surface area contributed by atoms with Gasteiger partial charge in [-0.2, -0.15) is 0 Å². The highest BCUT2D eigenvalue weighted by Gasteiger charge is 2.30. The Morgan fingerprint density at radius 2 is 1.59 bits per heavy atom. The van der Waals surface area contributed by atoms with Crippen molar-refractivity contribution in [1.82, 2.24) is 0 Å². The second-order valence-corrected chi connectivity index (χ2v) is 8.43. The highest BCUT2D eigenvalue weighted by atomic mass is 27.2. The minimum atomic E-state index is -1.73. The molecule has 0 bridgehead atoms. The van der Waals surface area contributed by atoms with Crippen LogP contribution in [0.25, 0.3) is 0 Å². The van der Waals surface area contributed by atoms with Gasteiger partial charge in [-0.25, -0.2) is 4.89 Å². The molecule has 0 saturated carbocycles. The predicted molar refractivity (Wildman–Crippen MR) is 92.6 cm³/mol. The van der Waals surface area contributed by atoms with Crippen molar-refractivity contribution in [3.63, 3.8) is 0 Å². The number of unbranched alkanes of at least 4 members (excludes halogenated alkanes) is 7. The third-order valence-corrected chi connectivity index (χ3v) is 5.78. The van der Waals surface area contributed by atoms with Crippen LogP contribution in [-0.2, 0) is 13.7 Å². The Kier molecular flexibility index (Phi) is 15.8. The van der Waals surface area contributed by atoms with Gasteiger partial charge in [0.15, 0.2) is 0 Å². The zero-order chi connectivity index (χ0) is 16.6. The molecule has 1 atom stereocenters. The van der Waals surface area contributed by atoms with Crippen LogP contribution >= 0.6 is 0 Å². The Balaban J connectivity index is 3.75. The summed E-state index contributed by atoms with van der Waals surface area (Å²) >= 11 is -1.73. The van der Waals surface area contributed by atoms with Crippen LogP contribution in [0, 0.1) is 0 Å². The van der Waals surface area contributed by atoms with Crippen molar-refractivity contribution in [3.05, 3.63) is 12.3 Å². The van der Waals surface area contributed by atoms with Crippen LogP contribution in [0.15, 0.2) is 12.3 Å². The van der Waals surface area contributed by atoms with E-state index in [9.17, 15) is 0 Å². The van der Waals surface area contributed by atoms with Crippen LogP contribution in [0.2, 0.25) is 5.79 Å². The lowest BCUT2D eigenvalue weighted by molar-refractivity contribution is -0.270. The first-order chi connectivity index (χ1) is 10.7. The smallest absolute Gasteiger partial charge is 0.374 e. The lowest BCUT2D eigenvalue weighted by atomic mass is 10.1. The lowest BCUT2D eigenvalue weighted by Crippen LogP contribution is -2.33. The van der Waals surface area contributed by atoms with E-state index in [1.54, 1.807) is 0 Å². The fraction of sp³-hybridized carbons (Fsp3) is 0.882. The molecule has 0 aromatic carbocycles. The van der Waals surface area contributed by atoms with Gasteiger partial charge in [0.2, 0.25) is 0 Å². The molecule has 0 fully saturated rings. The maximum absolute atomic E-state index is 9.04. The molecule has 130 valence electrons. The molecule has 22 heavy (non-hydrogen) atoms. The van der Waals surface area contributed by atoms with Crippen LogP contribution in [0.5, 0.6) is 0 Å². The molecule has 4 nitrogen and oxygen atoms in total. The summed E-state index contributed by atoms with van der Waals surface area (Å²) in [5.74, 6) is 2.66. The van der Waals surface area contributed by atoms with Gasteiger partial charge >= 0.3 is 14.5 Å². The standard InChI is InChI=1S/C8H16O2.C8H17O2.CH3.Al/c1-3-4-5-6-7-8(2)10-9;1-2-3-4-5-6-7-8-10-9;;/h9H,2-7H2,1H3;8-9H,2-7H2,1H3;1H3;/q;;;+1/p-1. The molecule has 0 heterocycles. The number of hydrogen-bond donors (Lipinski definition) is 1. The zero-order valence-corrected chi connectivity index (χ0v) is 16.0. The van der Waals surface area contributed by atoms with E-state index >= 15 is 0 Å². The summed E-state index contributed by atoms with van der Waals surface area (Å²) in [6.45, 7) is 8.27. The van der Waals surface area contributed by atoms with Gasteiger partial charge < -0.3 is 8.83 Å². The van der Waals surface area contributed by atoms with Crippen LogP contribution < -0.4 is 0 Å². The zero-order valence-electron chi connectivity index (χ0n) is 14.8. The fourth-order valence-electron chi connectivity index (χ4n) is 2.32. The van der Waals surface area contributed by atoms with E-state index in [0.29, 0.717) is 5.76 Å². The Morgan fingerprint density at radius 3 is 2.18 bits per heavy atom. The first kappa shape index (κ1) is 22.0. The van der Waals surface area contributed by atoms with Gasteiger partial charge in [-0.05, 0) is 12.8 Å². The molecule has 0 rings (SSSR count). The Bertz CT molecular complexity index is 261. The van der Waals surface area contributed by atoms with Crippen LogP contribution in [0.1, 0.15) is 84.5 Å². The Morgan fingerprint density at radius 1 is 1.00 bits per heavy atom. The molecule has 0 aromatic rings. The summed E-state index contributed by atoms with van der Waals surface area (Å²) in [4.78, 5) is 9.67. The largest absolute Gasteiger partial charge is 0.560 e. The molecule has 0 aliphatic rings. The van der Waals surface area contributed by atoms with Crippen molar-refractivity contribution < 1.29 is 19.0 Å². The topological polar surface area (TPSA) is 47.9 Å². The number of hydrogen-bond acceptors (Lipinski definition) is 4. The van der Waals surface area contributed by atoms with E-state index in [1.807, 2.05) is 5.79 Å². The molecule has 0 aliphatic carbocycles. The van der Waals surface area contributed by atoms with E-state index in [0.717, 1.165) is 25.7 Å². The first-order valence-corrected chi connectivity index (χ1v) is 11.3. The van der Waals surface area contributed by atoms with Gasteiger partial charge in [0, 0.05) is 6.42 Å². The minimum absolute atomic E-state index is 0.213. The summed E-state index contributed by atoms with van der Waals surface area (Å²) in [6.07, 6.45) is 12.4. The number of allylic oxidation sites excluding steroid dienone is 1. The molecule has 0 radical (unpaired) electrons. The molecule has 0 amide bonds. The summed E-state index contributed by atoms with van der Waals surface area (Å²) in [5, 5.41) is 9.04. The van der Waals surface area contributed by atoms with Gasteiger partial charge in [-0.3, -0.25) is 5.26 Å². The summed E-state index contributed by atoms with van der Waals surface area (Å²) < 4.78 is 5.45. The third-order valence-electron chi connectivity index (χ3n) is 3.88. The van der Waals surface area contributed by atoms with Crippen LogP contribution in [-0.4, -0.2) is 24.7 Å². The highest BCUT2D eigenvalue weighted by Crippen LogP contribution is 2.15. The monoisotopic (exact) mass is 330 g/mol. The van der Waals surface area contributed by atoms with Crippen molar-refractivity contribution >= 4 is 14.5 Å². The second kappa shape index (κ2) is 15.8. The van der Waals surface area contributed by atoms with Gasteiger partial charge in [-0.15, -0.1) is 0 Å². The first-order valence-electron chi connectivity index (χ1n) is 8.97. The van der Waals surface area contributed by atoms with Crippen molar-refractivity contribution in [3.8, 4) is 0 Å². The average Bonchev–Trinajstić information content (AvgIpc) is 2.52. The van der Waals surface area contributed by atoms with Gasteiger partial charge in [-0.1, -0.05) is 77.6 Å². The van der Waals surface area contributed by atoms with Crippen molar-refractivity contribution in [2.24, 2.45) is 0 Å². The Hall–Kier alpha value is -0.0475. The van der Waals surface area contributed by atoms with E-state index in [-0.39, 0.29) is 4.97 Å². The molecule has 0 saturated heterocycles. The maximum atomic E-state index is 9.04. The molecule has 1 unspecified atom stereocenters. The normalized spacial score (nSPS) is 12.2. The van der Waals surface area contributed by atoms with E-state index in [1.165, 1.54) is 44.9 Å². The average molecular weight is 330 g/mol. The lowest BCUT2D eigenvalue weighted by Gasteiger charge is -2.17. The number of rotatable bonds is 16. The Labute approximate surface area is 141 Å². The fourth-order valence-corrected chi connectivity index (χ4v) is 3.61. The third kappa shape index (κ3) is 12.5. The molecule has 1 N–H and O–H groups in total. The minimum Gasteiger partial charge on any atom is -0.374 e. The van der Waals surface area contributed by atoms with Crippen LogP contribution in [0.3, 0.4) is 0 Å². The summed E-state index contributed by atoms with van der Waals surface area (Å²) in [5.41, 5.74) is 0. The molecular weight excluding hydrogens is 295 g/mol. The quantitative estimate of drug-likeness (QED) is 0.128. The van der Waals surface area contributed by atoms with E-state index in [2.05, 4.69) is 25.3 Å². The van der Waals surface area contributed by atoms with Crippen molar-refractivity contribution in [2.45, 2.75) is 95.2 Å². The van der Waals surface area contributed by atoms with Crippen LogP contribution in [0.4, 0.5) is 0 Å². The molecule has 0 aliphatic heterocycles. The van der Waals surface area contributed by atoms with E-state index in [4.69, 9.17) is 14.1 Å². The molecule has 0 spiro atoms. The highest BCUT2D eigenvalue weighted by molar-refractivity contribution is 6.51. The predicted octanol–water partition coefficient (Wildman–Crippen LogP) is 5.80. The molecule has 0 aromatic heterocycles. The molecular formula is C17H35AlO4. The van der Waals surface area contributed by atoms with Crippen molar-refractivity contribution in [2.75, 3.05) is 0 Å². The summed E-state index contributed by atoms with van der Waals surface area (Å²) in [6, 6.07) is 0. The maximum Gasteiger partial charge on any atom is 0.560 e. The van der Waals surface area contributed by atoms with Crippen molar-refractivity contribution in [1.29, 1.82) is 0 Å². The summed E-state index contributed by atoms with van der Waals surface area (Å²) in [7, 11) is 0. The SMILES string of the molecule is C=C(CCCCCC)O[O][Al]([CH3])[CH](CCCCCCC)OO. The second-order valence-electron chi connectivity index (χ2n) is 6.08.